The summed E-state index contributed by atoms with van der Waals surface area (Å²) in [6.07, 6.45) is 1.75. The molecule has 4 heteroatoms. The van der Waals surface area contributed by atoms with Crippen LogP contribution >= 0.6 is 0 Å². The van der Waals surface area contributed by atoms with Crippen molar-refractivity contribution in [2.45, 2.75) is 31.4 Å². The van der Waals surface area contributed by atoms with E-state index in [9.17, 15) is 13.2 Å². The van der Waals surface area contributed by atoms with E-state index in [2.05, 4.69) is 6.92 Å². The van der Waals surface area contributed by atoms with Crippen LogP contribution in [0.3, 0.4) is 0 Å². The van der Waals surface area contributed by atoms with E-state index in [1.54, 1.807) is 6.92 Å². The molecule has 1 fully saturated rings. The van der Waals surface area contributed by atoms with Gasteiger partial charge >= 0.3 is 0 Å². The molecule has 3 nitrogen and oxygen atoms in total. The van der Waals surface area contributed by atoms with Crippen LogP contribution in [0, 0.1) is 5.92 Å². The number of carbonyl (C=O) groups excluding carboxylic acids is 1. The van der Waals surface area contributed by atoms with Crippen LogP contribution in [0.15, 0.2) is 24.3 Å². The van der Waals surface area contributed by atoms with Crippen LogP contribution in [0.2, 0.25) is 0 Å². The summed E-state index contributed by atoms with van der Waals surface area (Å²) in [7, 11) is -3.13. The van der Waals surface area contributed by atoms with E-state index in [1.807, 2.05) is 24.3 Å². The van der Waals surface area contributed by atoms with Crippen LogP contribution in [-0.4, -0.2) is 25.7 Å². The van der Waals surface area contributed by atoms with Crippen molar-refractivity contribution in [3.8, 4) is 0 Å². The summed E-state index contributed by atoms with van der Waals surface area (Å²) in [6, 6.07) is 7.91. The Morgan fingerprint density at radius 1 is 1.17 bits per heavy atom. The van der Waals surface area contributed by atoms with Crippen molar-refractivity contribution in [1.29, 1.82) is 0 Å². The monoisotopic (exact) mass is 266 g/mol. The molecule has 98 valence electrons. The van der Waals surface area contributed by atoms with Gasteiger partial charge in [-0.2, -0.15) is 0 Å². The molecule has 3 unspecified atom stereocenters. The fourth-order valence-electron chi connectivity index (χ4n) is 2.51. The topological polar surface area (TPSA) is 51.2 Å². The summed E-state index contributed by atoms with van der Waals surface area (Å²) in [5.74, 6) is -0.397. The highest BCUT2D eigenvalue weighted by molar-refractivity contribution is 7.92. The van der Waals surface area contributed by atoms with Crippen LogP contribution in [0.4, 0.5) is 0 Å². The molecular formula is C14H18O3S. The lowest BCUT2D eigenvalue weighted by Gasteiger charge is -2.02. The fraction of sp³-hybridized carbons (Fsp3) is 0.500. The molecule has 1 saturated carbocycles. The summed E-state index contributed by atoms with van der Waals surface area (Å²) in [4.78, 5) is 11.0. The van der Waals surface area contributed by atoms with Crippen LogP contribution in [-0.2, 0) is 21.1 Å². The fourth-order valence-corrected chi connectivity index (χ4v) is 4.30. The zero-order chi connectivity index (χ0) is 13.3. The molecule has 0 aliphatic heterocycles. The lowest BCUT2D eigenvalue weighted by atomic mass is 10.1. The van der Waals surface area contributed by atoms with Gasteiger partial charge in [0.25, 0.3) is 0 Å². The molecule has 0 bridgehead atoms. The molecule has 0 radical (unpaired) electrons. The Balaban J connectivity index is 2.26. The quantitative estimate of drug-likeness (QED) is 0.766. The van der Waals surface area contributed by atoms with Gasteiger partial charge in [-0.05, 0) is 17.5 Å². The first-order valence-corrected chi connectivity index (χ1v) is 8.02. The van der Waals surface area contributed by atoms with Crippen LogP contribution in [0.5, 0.6) is 0 Å². The van der Waals surface area contributed by atoms with Gasteiger partial charge in [0.15, 0.2) is 9.84 Å². The largest absolute Gasteiger partial charge is 0.303 e. The standard InChI is InChI=1S/C14H18O3S/c1-3-10-5-7-11(8-6-10)13-12(9-15)14(13)18(16,17)4-2/h5-9,12-14H,3-4H2,1-2H3. The van der Waals surface area contributed by atoms with Crippen LogP contribution < -0.4 is 0 Å². The van der Waals surface area contributed by atoms with Gasteiger partial charge in [-0.15, -0.1) is 0 Å². The highest BCUT2D eigenvalue weighted by atomic mass is 32.2. The molecule has 0 amide bonds. The minimum atomic E-state index is -3.13. The molecule has 2 rings (SSSR count). The van der Waals surface area contributed by atoms with Crippen molar-refractivity contribution in [3.63, 3.8) is 0 Å². The average Bonchev–Trinajstić information content (AvgIpc) is 3.14. The molecule has 3 atom stereocenters. The summed E-state index contributed by atoms with van der Waals surface area (Å²) in [5.41, 5.74) is 2.18. The Hall–Kier alpha value is -1.16. The SMILES string of the molecule is CCc1ccc(C2C(C=O)C2S(=O)(=O)CC)cc1. The number of sulfone groups is 1. The van der Waals surface area contributed by atoms with E-state index in [0.717, 1.165) is 18.3 Å². The third kappa shape index (κ3) is 2.21. The molecule has 0 aromatic heterocycles. The molecule has 1 aromatic rings. The predicted molar refractivity (Wildman–Crippen MR) is 71.4 cm³/mol. The van der Waals surface area contributed by atoms with Crippen molar-refractivity contribution in [3.05, 3.63) is 35.4 Å². The smallest absolute Gasteiger partial charge is 0.154 e. The first-order chi connectivity index (χ1) is 8.55. The second-order valence-corrected chi connectivity index (χ2v) is 7.20. The van der Waals surface area contributed by atoms with E-state index in [1.165, 1.54) is 5.56 Å². The van der Waals surface area contributed by atoms with Gasteiger partial charge in [-0.25, -0.2) is 8.42 Å². The first kappa shape index (κ1) is 13.3. The normalized spacial score (nSPS) is 26.9. The molecular weight excluding hydrogens is 248 g/mol. The Labute approximate surface area is 108 Å². The van der Waals surface area contributed by atoms with Crippen LogP contribution in [0.25, 0.3) is 0 Å². The van der Waals surface area contributed by atoms with E-state index < -0.39 is 15.1 Å². The van der Waals surface area contributed by atoms with E-state index in [4.69, 9.17) is 0 Å². The van der Waals surface area contributed by atoms with Crippen molar-refractivity contribution < 1.29 is 13.2 Å². The number of aryl methyl sites for hydroxylation is 1. The van der Waals surface area contributed by atoms with Crippen molar-refractivity contribution in [2.75, 3.05) is 5.75 Å². The van der Waals surface area contributed by atoms with Gasteiger partial charge in [-0.3, -0.25) is 0 Å². The summed E-state index contributed by atoms with van der Waals surface area (Å²) in [5, 5.41) is -0.507. The van der Waals surface area contributed by atoms with Crippen LogP contribution in [0.1, 0.15) is 30.9 Å². The molecule has 1 aromatic carbocycles. The second-order valence-electron chi connectivity index (χ2n) is 4.75. The third-order valence-corrected chi connectivity index (χ3v) is 6.00. The molecule has 18 heavy (non-hydrogen) atoms. The predicted octanol–water partition coefficient (Wildman–Crippen LogP) is 1.96. The van der Waals surface area contributed by atoms with E-state index in [-0.39, 0.29) is 17.6 Å². The zero-order valence-corrected chi connectivity index (χ0v) is 11.5. The Morgan fingerprint density at radius 3 is 2.22 bits per heavy atom. The van der Waals surface area contributed by atoms with Crippen molar-refractivity contribution >= 4 is 16.1 Å². The minimum Gasteiger partial charge on any atom is -0.303 e. The molecule has 0 saturated heterocycles. The zero-order valence-electron chi connectivity index (χ0n) is 10.7. The van der Waals surface area contributed by atoms with Gasteiger partial charge in [-0.1, -0.05) is 38.1 Å². The Morgan fingerprint density at radius 2 is 1.78 bits per heavy atom. The number of rotatable bonds is 5. The molecule has 0 N–H and O–H groups in total. The average molecular weight is 266 g/mol. The lowest BCUT2D eigenvalue weighted by Crippen LogP contribution is -2.12. The van der Waals surface area contributed by atoms with Gasteiger partial charge in [0.2, 0.25) is 0 Å². The maximum atomic E-state index is 11.9. The summed E-state index contributed by atoms with van der Waals surface area (Å²) >= 11 is 0. The lowest BCUT2D eigenvalue weighted by molar-refractivity contribution is -0.108. The summed E-state index contributed by atoms with van der Waals surface area (Å²) < 4.78 is 23.8. The summed E-state index contributed by atoms with van der Waals surface area (Å²) in [6.45, 7) is 3.71. The van der Waals surface area contributed by atoms with Gasteiger partial charge in [0.1, 0.15) is 6.29 Å². The number of hydrogen-bond acceptors (Lipinski definition) is 3. The first-order valence-electron chi connectivity index (χ1n) is 6.30. The van der Waals surface area contributed by atoms with E-state index >= 15 is 0 Å². The number of benzene rings is 1. The van der Waals surface area contributed by atoms with Gasteiger partial charge in [0.05, 0.1) is 5.25 Å². The van der Waals surface area contributed by atoms with Gasteiger partial charge < -0.3 is 4.79 Å². The second kappa shape index (κ2) is 4.84. The van der Waals surface area contributed by atoms with E-state index in [0.29, 0.717) is 0 Å². The minimum absolute atomic E-state index is 0.103. The van der Waals surface area contributed by atoms with Gasteiger partial charge in [0, 0.05) is 17.6 Å². The Bertz CT molecular complexity index is 531. The third-order valence-electron chi connectivity index (χ3n) is 3.75. The number of hydrogen-bond donors (Lipinski definition) is 0. The highest BCUT2D eigenvalue weighted by Crippen LogP contribution is 2.51. The highest BCUT2D eigenvalue weighted by Gasteiger charge is 2.57. The number of carbonyl (C=O) groups is 1. The van der Waals surface area contributed by atoms with Crippen molar-refractivity contribution in [1.82, 2.24) is 0 Å². The Kier molecular flexibility index (Phi) is 3.57. The van der Waals surface area contributed by atoms with Crippen molar-refractivity contribution in [2.24, 2.45) is 5.92 Å². The molecule has 0 spiro atoms. The molecule has 1 aliphatic carbocycles. The maximum absolute atomic E-state index is 11.9. The molecule has 0 heterocycles. The maximum Gasteiger partial charge on any atom is 0.154 e. The number of aldehydes is 1. The molecule has 1 aliphatic rings.